The van der Waals surface area contributed by atoms with Gasteiger partial charge in [-0.3, -0.25) is 0 Å². The summed E-state index contributed by atoms with van der Waals surface area (Å²) in [7, 11) is 0. The van der Waals surface area contributed by atoms with Gasteiger partial charge in [0.15, 0.2) is 0 Å². The number of hydrogen-bond acceptors (Lipinski definition) is 2. The lowest BCUT2D eigenvalue weighted by atomic mass is 9.85. The van der Waals surface area contributed by atoms with Crippen LogP contribution in [-0.4, -0.2) is 0 Å². The van der Waals surface area contributed by atoms with E-state index in [2.05, 4.69) is 0 Å². The van der Waals surface area contributed by atoms with Gasteiger partial charge < -0.3 is 8.83 Å². The van der Waals surface area contributed by atoms with Crippen LogP contribution in [0.2, 0.25) is 0 Å². The first-order chi connectivity index (χ1) is 31.9. The molecule has 0 aliphatic carbocycles. The second-order valence-electron chi connectivity index (χ2n) is 11.9. The Morgan fingerprint density at radius 3 is 1.56 bits per heavy atom. The van der Waals surface area contributed by atoms with Crippen molar-refractivity contribution in [3.05, 3.63) is 169 Å². The fourth-order valence-electron chi connectivity index (χ4n) is 6.98. The molecule has 0 aliphatic rings. The van der Waals surface area contributed by atoms with Crippen molar-refractivity contribution in [1.29, 1.82) is 0 Å². The molecule has 2 heteroatoms. The maximum atomic E-state index is 9.77. The molecule has 11 aromatic rings. The second kappa shape index (κ2) is 10.4. The van der Waals surface area contributed by atoms with Crippen LogP contribution >= 0.6 is 0 Å². The van der Waals surface area contributed by atoms with Gasteiger partial charge in [0.1, 0.15) is 22.3 Å². The molecule has 2 heterocycles. The van der Waals surface area contributed by atoms with Crippen LogP contribution in [0.4, 0.5) is 0 Å². The minimum atomic E-state index is -0.737. The summed E-state index contributed by atoms with van der Waals surface area (Å²) in [5.41, 5.74) is -0.311. The van der Waals surface area contributed by atoms with E-state index in [1.165, 1.54) is 0 Å². The van der Waals surface area contributed by atoms with Crippen molar-refractivity contribution in [3.8, 4) is 33.4 Å². The molecular formula is C48H28O2. The Bertz CT molecular complexity index is 4040. The SMILES string of the molecule is [2H]c1c([2H])c([2H])c2c(oc3c([2H])c([2H])c4oc5c([2H])c(-c6c7c([2H])c([2H])c([2H])c([2H])c7c(-c7ccc(-c8ccc9ccccc9c8)cc7)c7c([2H])c([2H])c([2H])c([2H])c67)c([2H])c([2H])c5c4c32)c1[2H]. The largest absolute Gasteiger partial charge is 0.456 e. The highest BCUT2D eigenvalue weighted by molar-refractivity contribution is 6.27. The van der Waals surface area contributed by atoms with Gasteiger partial charge in [-0.2, -0.15) is 0 Å². The number of rotatable bonds is 3. The summed E-state index contributed by atoms with van der Waals surface area (Å²) in [6.45, 7) is 0. The minimum Gasteiger partial charge on any atom is -0.456 e. The molecule has 0 unspecified atom stereocenters. The number of furan rings is 2. The smallest absolute Gasteiger partial charge is 0.136 e. The molecule has 0 spiro atoms. The molecule has 0 bridgehead atoms. The lowest BCUT2D eigenvalue weighted by Gasteiger charge is -2.18. The van der Waals surface area contributed by atoms with Crippen LogP contribution in [0.15, 0.2) is 178 Å². The third kappa shape index (κ3) is 3.96. The van der Waals surface area contributed by atoms with E-state index < -0.39 is 114 Å². The van der Waals surface area contributed by atoms with Crippen LogP contribution in [0.3, 0.4) is 0 Å². The fourth-order valence-corrected chi connectivity index (χ4v) is 6.98. The van der Waals surface area contributed by atoms with Gasteiger partial charge in [0, 0.05) is 21.5 Å². The van der Waals surface area contributed by atoms with Gasteiger partial charge in [0.05, 0.1) is 23.3 Å². The van der Waals surface area contributed by atoms with Crippen LogP contribution < -0.4 is 0 Å². The van der Waals surface area contributed by atoms with E-state index in [1.54, 1.807) is 24.3 Å². The van der Waals surface area contributed by atoms with Gasteiger partial charge >= 0.3 is 0 Å². The molecule has 11 rings (SSSR count). The maximum absolute atomic E-state index is 9.77. The van der Waals surface area contributed by atoms with E-state index in [0.717, 1.165) is 21.9 Å². The van der Waals surface area contributed by atoms with E-state index in [9.17, 15) is 9.60 Å². The van der Waals surface area contributed by atoms with E-state index >= 15 is 0 Å². The molecule has 0 saturated heterocycles. The zero-order valence-electron chi connectivity index (χ0n) is 42.7. The van der Waals surface area contributed by atoms with Gasteiger partial charge in [0.2, 0.25) is 0 Å². The fraction of sp³-hybridized carbons (Fsp3) is 0. The highest BCUT2D eigenvalue weighted by Crippen LogP contribution is 2.46. The summed E-state index contributed by atoms with van der Waals surface area (Å²) < 4.78 is 166. The Hall–Kier alpha value is -6.64. The molecule has 0 fully saturated rings. The van der Waals surface area contributed by atoms with Crippen LogP contribution in [0, 0.1) is 0 Å². The first-order valence-electron chi connectivity index (χ1n) is 24.2. The van der Waals surface area contributed by atoms with E-state index in [1.807, 2.05) is 42.5 Å². The first kappa shape index (κ1) is 15.7. The minimum absolute atomic E-state index is 0.0346. The van der Waals surface area contributed by atoms with Gasteiger partial charge in [-0.05, 0) is 102 Å². The van der Waals surface area contributed by atoms with Crippen molar-refractivity contribution in [2.24, 2.45) is 0 Å². The van der Waals surface area contributed by atoms with Crippen LogP contribution in [0.1, 0.15) is 23.3 Å². The Balaban J connectivity index is 1.30. The lowest BCUT2D eigenvalue weighted by molar-refractivity contribution is 0.663. The summed E-state index contributed by atoms with van der Waals surface area (Å²) in [6, 6.07) is 9.99. The van der Waals surface area contributed by atoms with Gasteiger partial charge in [-0.15, -0.1) is 0 Å². The van der Waals surface area contributed by atoms with Crippen LogP contribution in [0.5, 0.6) is 0 Å². The zero-order chi connectivity index (χ0) is 47.6. The second-order valence-corrected chi connectivity index (χ2v) is 11.9. The molecule has 2 aromatic heterocycles. The molecule has 50 heavy (non-hydrogen) atoms. The highest BCUT2D eigenvalue weighted by atomic mass is 16.3. The molecule has 2 nitrogen and oxygen atoms in total. The van der Waals surface area contributed by atoms with Crippen molar-refractivity contribution in [2.75, 3.05) is 0 Å². The Morgan fingerprint density at radius 1 is 0.360 bits per heavy atom. The van der Waals surface area contributed by atoms with Crippen molar-refractivity contribution < 1.29 is 32.1 Å². The summed E-state index contributed by atoms with van der Waals surface area (Å²) in [6.07, 6.45) is 0. The quantitative estimate of drug-likeness (QED) is 0.177. The molecule has 0 radical (unpaired) electrons. The Morgan fingerprint density at radius 2 is 0.880 bits per heavy atom. The highest BCUT2D eigenvalue weighted by Gasteiger charge is 2.20. The van der Waals surface area contributed by atoms with Crippen molar-refractivity contribution >= 4 is 76.2 Å². The predicted molar refractivity (Wildman–Crippen MR) is 210 cm³/mol. The molecular weight excluding hydrogens is 609 g/mol. The molecule has 0 N–H and O–H groups in total. The van der Waals surface area contributed by atoms with E-state index in [-0.39, 0.29) is 71.0 Å². The molecule has 9 aromatic carbocycles. The van der Waals surface area contributed by atoms with Gasteiger partial charge in [-0.25, -0.2) is 0 Å². The van der Waals surface area contributed by atoms with Crippen molar-refractivity contribution in [2.45, 2.75) is 0 Å². The third-order valence-electron chi connectivity index (χ3n) is 9.21. The molecule has 232 valence electrons. The zero-order valence-corrected chi connectivity index (χ0v) is 25.7. The molecule has 0 aliphatic heterocycles. The van der Waals surface area contributed by atoms with Gasteiger partial charge in [0.25, 0.3) is 0 Å². The summed E-state index contributed by atoms with van der Waals surface area (Å²) in [4.78, 5) is 0. The first-order valence-corrected chi connectivity index (χ1v) is 15.7. The molecule has 0 saturated carbocycles. The lowest BCUT2D eigenvalue weighted by Crippen LogP contribution is -1.91. The number of benzene rings is 9. The maximum Gasteiger partial charge on any atom is 0.136 e. The Labute approximate surface area is 311 Å². The number of hydrogen-bond donors (Lipinski definition) is 0. The Kier molecular flexibility index (Phi) is 3.28. The summed E-state index contributed by atoms with van der Waals surface area (Å²) >= 11 is 0. The van der Waals surface area contributed by atoms with Crippen LogP contribution in [0.25, 0.3) is 110 Å². The van der Waals surface area contributed by atoms with E-state index in [0.29, 0.717) is 5.56 Å². The monoisotopic (exact) mass is 653 g/mol. The van der Waals surface area contributed by atoms with E-state index in [4.69, 9.17) is 22.5 Å². The summed E-state index contributed by atoms with van der Waals surface area (Å²) in [5, 5.41) is 0.366. The summed E-state index contributed by atoms with van der Waals surface area (Å²) in [5.74, 6) is 0. The van der Waals surface area contributed by atoms with Gasteiger partial charge in [-0.1, -0.05) is 133 Å². The molecule has 0 amide bonds. The average Bonchev–Trinajstić information content (AvgIpc) is 3.94. The predicted octanol–water partition coefficient (Wildman–Crippen LogP) is 13.9. The normalized spacial score (nSPS) is 16.8. The number of fused-ring (bicyclic) bond motifs is 10. The average molecular weight is 654 g/mol. The molecule has 0 atom stereocenters. The van der Waals surface area contributed by atoms with Crippen molar-refractivity contribution in [3.63, 3.8) is 0 Å². The number of para-hydroxylation sites is 1. The third-order valence-corrected chi connectivity index (χ3v) is 9.21. The van der Waals surface area contributed by atoms with Crippen molar-refractivity contribution in [1.82, 2.24) is 0 Å². The topological polar surface area (TPSA) is 26.3 Å². The standard InChI is InChI=1S/C48H28O2/c1-2-10-32-27-33(22-19-29(32)9-1)30-17-20-31(21-18-30)45-35-11-3-5-13-37(35)46(38-14-6-4-12-36(38)45)34-23-24-40-44(28-34)50-43-26-25-42-47(48(40)43)39-15-7-8-16-41(39)49-42/h1-28H/i3D,4D,5D,6D,7D,8D,11D,12D,13D,14D,15D,16D,23D,24D,25D,26D,28D. The van der Waals surface area contributed by atoms with Crippen LogP contribution in [-0.2, 0) is 0 Å².